The molecule has 136 valence electrons. The Bertz CT molecular complexity index is 845. The van der Waals surface area contributed by atoms with Gasteiger partial charge in [-0.05, 0) is 55.2 Å². The van der Waals surface area contributed by atoms with Crippen LogP contribution in [-0.2, 0) is 6.42 Å². The van der Waals surface area contributed by atoms with E-state index < -0.39 is 5.54 Å². The number of anilines is 2. The Hall–Kier alpha value is -2.47. The van der Waals surface area contributed by atoms with Gasteiger partial charge >= 0.3 is 0 Å². The van der Waals surface area contributed by atoms with Crippen molar-refractivity contribution in [3.63, 3.8) is 0 Å². The van der Waals surface area contributed by atoms with Crippen LogP contribution < -0.4 is 11.1 Å². The van der Waals surface area contributed by atoms with Gasteiger partial charge in [0, 0.05) is 11.1 Å². The van der Waals surface area contributed by atoms with Crippen molar-refractivity contribution in [2.75, 3.05) is 18.5 Å². The monoisotopic (exact) mass is 351 g/mol. The summed E-state index contributed by atoms with van der Waals surface area (Å²) in [6, 6.07) is 20.3. The van der Waals surface area contributed by atoms with Gasteiger partial charge in [-0.1, -0.05) is 30.3 Å². The number of hydrogen-bond donors (Lipinski definition) is 4. The third-order valence-corrected chi connectivity index (χ3v) is 4.59. The van der Waals surface area contributed by atoms with Gasteiger partial charge < -0.3 is 21.3 Å². The third-order valence-electron chi connectivity index (χ3n) is 4.59. The lowest BCUT2D eigenvalue weighted by Crippen LogP contribution is -2.47. The number of fused-ring (bicyclic) bond motifs is 1. The second-order valence-corrected chi connectivity index (χ2v) is 6.74. The quantitative estimate of drug-likeness (QED) is 0.501. The van der Waals surface area contributed by atoms with Crippen LogP contribution >= 0.6 is 0 Å². The molecule has 5 heteroatoms. The average Bonchev–Trinajstić information content (AvgIpc) is 2.69. The smallest absolute Gasteiger partial charge is 0.131 e. The SMILES string of the molecule is NC(CO)(CO)CCCc1ccc(Nc2ccc3ccccc3n2)cc1. The summed E-state index contributed by atoms with van der Waals surface area (Å²) in [6.45, 7) is -0.407. The minimum absolute atomic E-state index is 0.203. The van der Waals surface area contributed by atoms with Crippen LogP contribution in [-0.4, -0.2) is 33.9 Å². The van der Waals surface area contributed by atoms with Gasteiger partial charge in [-0.15, -0.1) is 0 Å². The number of nitrogens with one attached hydrogen (secondary N) is 1. The first-order chi connectivity index (χ1) is 12.6. The second kappa shape index (κ2) is 8.27. The Kier molecular flexibility index (Phi) is 5.83. The molecular formula is C21H25N3O2. The second-order valence-electron chi connectivity index (χ2n) is 6.74. The maximum absolute atomic E-state index is 9.23. The average molecular weight is 351 g/mol. The fourth-order valence-electron chi connectivity index (χ4n) is 2.89. The molecule has 3 aromatic rings. The number of aryl methyl sites for hydroxylation is 1. The van der Waals surface area contributed by atoms with E-state index in [9.17, 15) is 10.2 Å². The highest BCUT2D eigenvalue weighted by Gasteiger charge is 2.22. The van der Waals surface area contributed by atoms with E-state index in [1.807, 2.05) is 42.5 Å². The molecule has 5 N–H and O–H groups in total. The molecule has 0 aliphatic carbocycles. The van der Waals surface area contributed by atoms with Crippen molar-refractivity contribution in [3.05, 3.63) is 66.2 Å². The van der Waals surface area contributed by atoms with E-state index in [4.69, 9.17) is 5.73 Å². The van der Waals surface area contributed by atoms with Crippen LogP contribution in [0, 0.1) is 0 Å². The molecule has 1 heterocycles. The van der Waals surface area contributed by atoms with E-state index in [-0.39, 0.29) is 13.2 Å². The fourth-order valence-corrected chi connectivity index (χ4v) is 2.89. The minimum Gasteiger partial charge on any atom is -0.394 e. The topological polar surface area (TPSA) is 91.4 Å². The standard InChI is InChI=1S/C21H25N3O2/c22-21(14-25,15-26)13-3-4-16-7-10-18(11-8-16)23-20-12-9-17-5-1-2-6-19(17)24-20/h1-2,5-12,25-26H,3-4,13-15,22H2,(H,23,24). The van der Waals surface area contributed by atoms with Crippen LogP contribution in [0.1, 0.15) is 18.4 Å². The zero-order valence-electron chi connectivity index (χ0n) is 14.7. The molecule has 0 bridgehead atoms. The molecule has 0 amide bonds. The Morgan fingerprint density at radius 1 is 0.923 bits per heavy atom. The number of hydrogen-bond acceptors (Lipinski definition) is 5. The van der Waals surface area contributed by atoms with Crippen LogP contribution in [0.2, 0.25) is 0 Å². The summed E-state index contributed by atoms with van der Waals surface area (Å²) in [7, 11) is 0. The number of nitrogens with two attached hydrogens (primary N) is 1. The molecule has 0 spiro atoms. The van der Waals surface area contributed by atoms with Crippen molar-refractivity contribution in [1.29, 1.82) is 0 Å². The predicted molar refractivity (Wildman–Crippen MR) is 105 cm³/mol. The molecule has 5 nitrogen and oxygen atoms in total. The summed E-state index contributed by atoms with van der Waals surface area (Å²) in [6.07, 6.45) is 2.26. The largest absolute Gasteiger partial charge is 0.394 e. The van der Waals surface area contributed by atoms with Gasteiger partial charge in [0.15, 0.2) is 0 Å². The van der Waals surface area contributed by atoms with Crippen molar-refractivity contribution in [2.45, 2.75) is 24.8 Å². The maximum atomic E-state index is 9.23. The highest BCUT2D eigenvalue weighted by atomic mass is 16.3. The first kappa shape index (κ1) is 18.3. The Morgan fingerprint density at radius 3 is 2.38 bits per heavy atom. The van der Waals surface area contributed by atoms with Crippen molar-refractivity contribution in [2.24, 2.45) is 5.73 Å². The number of para-hydroxylation sites is 1. The fraction of sp³-hybridized carbons (Fsp3) is 0.286. The molecule has 0 aliphatic rings. The van der Waals surface area contributed by atoms with Gasteiger partial charge in [0.05, 0.1) is 24.3 Å². The van der Waals surface area contributed by atoms with E-state index in [0.29, 0.717) is 6.42 Å². The number of aromatic nitrogens is 1. The van der Waals surface area contributed by atoms with Gasteiger partial charge in [0.25, 0.3) is 0 Å². The summed E-state index contributed by atoms with van der Waals surface area (Å²) in [5.41, 5.74) is 8.15. The Morgan fingerprint density at radius 2 is 1.65 bits per heavy atom. The lowest BCUT2D eigenvalue weighted by atomic mass is 9.94. The molecule has 0 unspecified atom stereocenters. The van der Waals surface area contributed by atoms with E-state index in [1.165, 1.54) is 5.56 Å². The van der Waals surface area contributed by atoms with Crippen molar-refractivity contribution >= 4 is 22.4 Å². The van der Waals surface area contributed by atoms with Crippen molar-refractivity contribution in [3.8, 4) is 0 Å². The highest BCUT2D eigenvalue weighted by molar-refractivity contribution is 5.80. The van der Waals surface area contributed by atoms with Gasteiger partial charge in [-0.2, -0.15) is 0 Å². The van der Waals surface area contributed by atoms with Crippen molar-refractivity contribution in [1.82, 2.24) is 4.98 Å². The number of rotatable bonds is 8. The predicted octanol–water partition coefficient (Wildman–Crippen LogP) is 2.98. The van der Waals surface area contributed by atoms with Crippen LogP contribution in [0.25, 0.3) is 10.9 Å². The summed E-state index contributed by atoms with van der Waals surface area (Å²) in [5, 5.41) is 22.9. The molecule has 2 aromatic carbocycles. The molecule has 0 aliphatic heterocycles. The summed E-state index contributed by atoms with van der Waals surface area (Å²) in [4.78, 5) is 4.62. The van der Waals surface area contributed by atoms with E-state index in [0.717, 1.165) is 35.2 Å². The van der Waals surface area contributed by atoms with Gasteiger partial charge in [-0.25, -0.2) is 4.98 Å². The van der Waals surface area contributed by atoms with Gasteiger partial charge in [0.1, 0.15) is 5.82 Å². The molecule has 0 saturated heterocycles. The normalized spacial score (nSPS) is 11.7. The van der Waals surface area contributed by atoms with E-state index in [1.54, 1.807) is 0 Å². The summed E-state index contributed by atoms with van der Waals surface area (Å²) >= 11 is 0. The number of nitrogens with zero attached hydrogens (tertiary/aromatic N) is 1. The van der Waals surface area contributed by atoms with Crippen LogP contribution in [0.5, 0.6) is 0 Å². The van der Waals surface area contributed by atoms with Gasteiger partial charge in [0.2, 0.25) is 0 Å². The maximum Gasteiger partial charge on any atom is 0.131 e. The lowest BCUT2D eigenvalue weighted by molar-refractivity contribution is 0.113. The lowest BCUT2D eigenvalue weighted by Gasteiger charge is -2.24. The summed E-state index contributed by atoms with van der Waals surface area (Å²) < 4.78 is 0. The first-order valence-corrected chi connectivity index (χ1v) is 8.84. The van der Waals surface area contributed by atoms with Crippen LogP contribution in [0.3, 0.4) is 0 Å². The van der Waals surface area contributed by atoms with Crippen LogP contribution in [0.15, 0.2) is 60.7 Å². The highest BCUT2D eigenvalue weighted by Crippen LogP contribution is 2.20. The van der Waals surface area contributed by atoms with Gasteiger partial charge in [-0.3, -0.25) is 0 Å². The number of aliphatic hydroxyl groups excluding tert-OH is 2. The third kappa shape index (κ3) is 4.58. The number of aliphatic hydroxyl groups is 2. The minimum atomic E-state index is -0.886. The van der Waals surface area contributed by atoms with E-state index >= 15 is 0 Å². The van der Waals surface area contributed by atoms with E-state index in [2.05, 4.69) is 28.5 Å². The first-order valence-electron chi connectivity index (χ1n) is 8.84. The zero-order chi connectivity index (χ0) is 18.4. The molecule has 26 heavy (non-hydrogen) atoms. The number of benzene rings is 2. The molecule has 1 aromatic heterocycles. The van der Waals surface area contributed by atoms with Crippen molar-refractivity contribution < 1.29 is 10.2 Å². The summed E-state index contributed by atoms with van der Waals surface area (Å²) in [5.74, 6) is 0.815. The molecule has 0 atom stereocenters. The molecular weight excluding hydrogens is 326 g/mol. The molecule has 0 radical (unpaired) electrons. The zero-order valence-corrected chi connectivity index (χ0v) is 14.7. The molecule has 3 rings (SSSR count). The van der Waals surface area contributed by atoms with Crippen LogP contribution in [0.4, 0.5) is 11.5 Å². The number of pyridine rings is 1. The molecule has 0 fully saturated rings. The molecule has 0 saturated carbocycles. The Balaban J connectivity index is 1.58. The Labute approximate surface area is 153 Å².